The quantitative estimate of drug-likeness (QED) is 0.743. The Bertz CT molecular complexity index is 1010. The van der Waals surface area contributed by atoms with E-state index in [2.05, 4.69) is 5.32 Å². The molecule has 1 aliphatic rings. The van der Waals surface area contributed by atoms with Gasteiger partial charge in [0.05, 0.1) is 5.56 Å². The molecule has 2 amide bonds. The summed E-state index contributed by atoms with van der Waals surface area (Å²) in [5.41, 5.74) is 1.61. The first-order chi connectivity index (χ1) is 13.1. The van der Waals surface area contributed by atoms with Crippen LogP contribution in [0.5, 0.6) is 0 Å². The van der Waals surface area contributed by atoms with Gasteiger partial charge in [0.2, 0.25) is 5.91 Å². The molecule has 0 bridgehead atoms. The lowest BCUT2D eigenvalue weighted by atomic mass is 10.1. The number of carbonyl (C=O) groups is 2. The number of anilines is 2. The average molecular weight is 364 g/mol. The van der Waals surface area contributed by atoms with Crippen LogP contribution in [0.4, 0.5) is 15.8 Å². The van der Waals surface area contributed by atoms with Gasteiger partial charge in [-0.25, -0.2) is 4.39 Å². The van der Waals surface area contributed by atoms with Crippen molar-refractivity contribution in [2.75, 3.05) is 16.8 Å². The van der Waals surface area contributed by atoms with Crippen LogP contribution in [0.15, 0.2) is 65.1 Å². The SMILES string of the molecule is O=C(Nc1cccc(N2CCCC2=O)c1)c1ccc(-c2ccccc2F)o1. The largest absolute Gasteiger partial charge is 0.451 e. The highest BCUT2D eigenvalue weighted by Crippen LogP contribution is 2.27. The molecule has 5 nitrogen and oxygen atoms in total. The number of rotatable bonds is 4. The van der Waals surface area contributed by atoms with Crippen LogP contribution in [0.2, 0.25) is 0 Å². The lowest BCUT2D eigenvalue weighted by molar-refractivity contribution is -0.117. The third-order valence-corrected chi connectivity index (χ3v) is 4.46. The van der Waals surface area contributed by atoms with E-state index in [1.54, 1.807) is 47.4 Å². The molecule has 1 N–H and O–H groups in total. The maximum absolute atomic E-state index is 13.9. The Hall–Kier alpha value is -3.41. The zero-order valence-electron chi connectivity index (χ0n) is 14.4. The molecule has 0 atom stereocenters. The van der Waals surface area contributed by atoms with Crippen molar-refractivity contribution in [2.24, 2.45) is 0 Å². The number of benzene rings is 2. The molecule has 1 aliphatic heterocycles. The van der Waals surface area contributed by atoms with Crippen LogP contribution in [0.1, 0.15) is 23.4 Å². The summed E-state index contributed by atoms with van der Waals surface area (Å²) < 4.78 is 19.4. The minimum Gasteiger partial charge on any atom is -0.451 e. The van der Waals surface area contributed by atoms with E-state index in [1.807, 2.05) is 6.07 Å². The molecule has 1 aromatic heterocycles. The molecule has 0 saturated carbocycles. The molecule has 136 valence electrons. The summed E-state index contributed by atoms with van der Waals surface area (Å²) in [6.45, 7) is 0.681. The van der Waals surface area contributed by atoms with E-state index < -0.39 is 11.7 Å². The Kier molecular flexibility index (Phi) is 4.46. The van der Waals surface area contributed by atoms with Gasteiger partial charge in [-0.05, 0) is 48.9 Å². The van der Waals surface area contributed by atoms with Gasteiger partial charge in [0.25, 0.3) is 5.91 Å². The normalized spacial score (nSPS) is 13.8. The number of nitrogens with one attached hydrogen (secondary N) is 1. The Balaban J connectivity index is 1.52. The third-order valence-electron chi connectivity index (χ3n) is 4.46. The van der Waals surface area contributed by atoms with Gasteiger partial charge in [-0.15, -0.1) is 0 Å². The van der Waals surface area contributed by atoms with E-state index in [-0.39, 0.29) is 17.4 Å². The number of nitrogens with zero attached hydrogens (tertiary/aromatic N) is 1. The van der Waals surface area contributed by atoms with Crippen molar-refractivity contribution < 1.29 is 18.4 Å². The number of carbonyl (C=O) groups excluding carboxylic acids is 2. The number of halogens is 1. The van der Waals surface area contributed by atoms with Crippen molar-refractivity contribution in [3.8, 4) is 11.3 Å². The van der Waals surface area contributed by atoms with Crippen molar-refractivity contribution in [2.45, 2.75) is 12.8 Å². The van der Waals surface area contributed by atoms with Crippen molar-refractivity contribution >= 4 is 23.2 Å². The molecule has 0 radical (unpaired) electrons. The molecule has 0 spiro atoms. The molecule has 1 saturated heterocycles. The predicted molar refractivity (Wildman–Crippen MR) is 100 cm³/mol. The Morgan fingerprint density at radius 1 is 1.07 bits per heavy atom. The second-order valence-corrected chi connectivity index (χ2v) is 6.30. The Morgan fingerprint density at radius 2 is 1.93 bits per heavy atom. The van der Waals surface area contributed by atoms with Crippen LogP contribution in [0, 0.1) is 5.82 Å². The van der Waals surface area contributed by atoms with E-state index in [9.17, 15) is 14.0 Å². The maximum Gasteiger partial charge on any atom is 0.291 e. The number of hydrogen-bond donors (Lipinski definition) is 1. The van der Waals surface area contributed by atoms with Gasteiger partial charge in [-0.3, -0.25) is 9.59 Å². The van der Waals surface area contributed by atoms with Gasteiger partial charge < -0.3 is 14.6 Å². The molecule has 6 heteroatoms. The summed E-state index contributed by atoms with van der Waals surface area (Å²) in [5.74, 6) is -0.408. The zero-order chi connectivity index (χ0) is 18.8. The van der Waals surface area contributed by atoms with Crippen LogP contribution in [0.25, 0.3) is 11.3 Å². The fourth-order valence-electron chi connectivity index (χ4n) is 3.13. The van der Waals surface area contributed by atoms with Gasteiger partial charge in [-0.1, -0.05) is 18.2 Å². The van der Waals surface area contributed by atoms with Crippen LogP contribution in [-0.4, -0.2) is 18.4 Å². The summed E-state index contributed by atoms with van der Waals surface area (Å²) in [6, 6.07) is 16.4. The minimum atomic E-state index is -0.442. The highest BCUT2D eigenvalue weighted by molar-refractivity contribution is 6.03. The monoisotopic (exact) mass is 364 g/mol. The van der Waals surface area contributed by atoms with Crippen molar-refractivity contribution in [1.29, 1.82) is 0 Å². The highest BCUT2D eigenvalue weighted by atomic mass is 19.1. The lowest BCUT2D eigenvalue weighted by Gasteiger charge is -2.16. The van der Waals surface area contributed by atoms with E-state index in [0.717, 1.165) is 12.1 Å². The molecule has 0 unspecified atom stereocenters. The summed E-state index contributed by atoms with van der Waals surface area (Å²) >= 11 is 0. The predicted octanol–water partition coefficient (Wildman–Crippen LogP) is 4.46. The third kappa shape index (κ3) is 3.46. The first-order valence-corrected chi connectivity index (χ1v) is 8.68. The molecule has 2 heterocycles. The van der Waals surface area contributed by atoms with Gasteiger partial charge in [0, 0.05) is 24.3 Å². The topological polar surface area (TPSA) is 62.6 Å². The first kappa shape index (κ1) is 17.0. The van der Waals surface area contributed by atoms with Gasteiger partial charge in [0.1, 0.15) is 11.6 Å². The summed E-state index contributed by atoms with van der Waals surface area (Å²) in [6.07, 6.45) is 1.38. The molecule has 4 rings (SSSR count). The van der Waals surface area contributed by atoms with Gasteiger partial charge in [-0.2, -0.15) is 0 Å². The van der Waals surface area contributed by atoms with Crippen molar-refractivity contribution in [3.05, 3.63) is 72.2 Å². The first-order valence-electron chi connectivity index (χ1n) is 8.68. The molecule has 1 fully saturated rings. The minimum absolute atomic E-state index is 0.0795. The van der Waals surface area contributed by atoms with E-state index in [0.29, 0.717) is 24.2 Å². The molecule has 27 heavy (non-hydrogen) atoms. The summed E-state index contributed by atoms with van der Waals surface area (Å²) in [5, 5.41) is 2.75. The summed E-state index contributed by atoms with van der Waals surface area (Å²) in [4.78, 5) is 26.1. The van der Waals surface area contributed by atoms with Crippen LogP contribution in [-0.2, 0) is 4.79 Å². The van der Waals surface area contributed by atoms with Crippen LogP contribution >= 0.6 is 0 Å². The van der Waals surface area contributed by atoms with Gasteiger partial charge in [0.15, 0.2) is 5.76 Å². The van der Waals surface area contributed by atoms with Crippen molar-refractivity contribution in [3.63, 3.8) is 0 Å². The fourth-order valence-corrected chi connectivity index (χ4v) is 3.13. The van der Waals surface area contributed by atoms with E-state index >= 15 is 0 Å². The molecule has 2 aromatic carbocycles. The smallest absolute Gasteiger partial charge is 0.291 e. The highest BCUT2D eigenvalue weighted by Gasteiger charge is 2.22. The Morgan fingerprint density at radius 3 is 2.70 bits per heavy atom. The zero-order valence-corrected chi connectivity index (χ0v) is 14.4. The lowest BCUT2D eigenvalue weighted by Crippen LogP contribution is -2.23. The molecular weight excluding hydrogens is 347 g/mol. The summed E-state index contributed by atoms with van der Waals surface area (Å²) in [7, 11) is 0. The maximum atomic E-state index is 13.9. The second-order valence-electron chi connectivity index (χ2n) is 6.30. The molecular formula is C21H17FN2O3. The number of hydrogen-bond acceptors (Lipinski definition) is 3. The van der Waals surface area contributed by atoms with Crippen LogP contribution in [0.3, 0.4) is 0 Å². The standard InChI is InChI=1S/C21H17FN2O3/c22-17-8-2-1-7-16(17)18-10-11-19(27-18)21(26)23-14-5-3-6-15(13-14)24-12-4-9-20(24)25/h1-3,5-8,10-11,13H,4,9,12H2,(H,23,26). The number of furan rings is 1. The Labute approximate surface area is 155 Å². The van der Waals surface area contributed by atoms with Crippen molar-refractivity contribution in [1.82, 2.24) is 0 Å². The second kappa shape index (κ2) is 7.07. The van der Waals surface area contributed by atoms with E-state index in [4.69, 9.17) is 4.42 Å². The van der Waals surface area contributed by atoms with E-state index in [1.165, 1.54) is 12.1 Å². The molecule has 0 aliphatic carbocycles. The average Bonchev–Trinajstić information content (AvgIpc) is 3.31. The van der Waals surface area contributed by atoms with Crippen LogP contribution < -0.4 is 10.2 Å². The molecule has 3 aromatic rings. The van der Waals surface area contributed by atoms with Gasteiger partial charge >= 0.3 is 0 Å². The number of amides is 2. The fraction of sp³-hybridized carbons (Fsp3) is 0.143.